The molecule has 1 saturated carbocycles. The summed E-state index contributed by atoms with van der Waals surface area (Å²) in [6, 6.07) is 3.87. The minimum absolute atomic E-state index is 0.0867. The Morgan fingerprint density at radius 1 is 1.38 bits per heavy atom. The fraction of sp³-hybridized carbons (Fsp3) is 0.278. The van der Waals surface area contributed by atoms with Crippen LogP contribution in [0.4, 0.5) is 8.78 Å². The van der Waals surface area contributed by atoms with Crippen molar-refractivity contribution in [3.05, 3.63) is 61.8 Å². The third-order valence-electron chi connectivity index (χ3n) is 4.52. The van der Waals surface area contributed by atoms with Crippen LogP contribution in [-0.2, 0) is 6.54 Å². The first-order chi connectivity index (χ1) is 12.5. The van der Waals surface area contributed by atoms with Gasteiger partial charge in [0.1, 0.15) is 4.88 Å². The maximum Gasteiger partial charge on any atom is 0.266 e. The third-order valence-corrected chi connectivity index (χ3v) is 5.44. The Bertz CT molecular complexity index is 1070. The average molecular weight is 375 g/mol. The lowest BCUT2D eigenvalue weighted by atomic mass is 10.1. The average Bonchev–Trinajstić information content (AvgIpc) is 3.36. The highest BCUT2D eigenvalue weighted by Gasteiger charge is 2.34. The Balaban J connectivity index is 1.77. The van der Waals surface area contributed by atoms with E-state index in [-0.39, 0.29) is 24.0 Å². The highest BCUT2D eigenvalue weighted by atomic mass is 32.1. The van der Waals surface area contributed by atoms with Gasteiger partial charge >= 0.3 is 0 Å². The van der Waals surface area contributed by atoms with Crippen LogP contribution in [0.25, 0.3) is 10.9 Å². The zero-order valence-corrected chi connectivity index (χ0v) is 14.7. The van der Waals surface area contributed by atoms with Crippen LogP contribution in [0.2, 0.25) is 0 Å². The van der Waals surface area contributed by atoms with Gasteiger partial charge in [0.05, 0.1) is 16.7 Å². The van der Waals surface area contributed by atoms with Gasteiger partial charge in [-0.2, -0.15) is 0 Å². The molecule has 0 unspecified atom stereocenters. The van der Waals surface area contributed by atoms with Gasteiger partial charge in [-0.15, -0.1) is 11.3 Å². The Hall–Kier alpha value is -2.61. The number of nitrogens with one attached hydrogen (secondary N) is 1. The quantitative estimate of drug-likeness (QED) is 0.760. The number of pyridine rings is 1. The van der Waals surface area contributed by atoms with Crippen molar-refractivity contribution in [3.8, 4) is 0 Å². The second-order valence-corrected chi connectivity index (χ2v) is 7.23. The van der Waals surface area contributed by atoms with E-state index in [1.54, 1.807) is 17.3 Å². The number of hydrogen-bond donors (Lipinski definition) is 1. The molecular weight excluding hydrogens is 360 g/mol. The van der Waals surface area contributed by atoms with Crippen LogP contribution >= 0.6 is 11.3 Å². The van der Waals surface area contributed by atoms with Crippen LogP contribution in [-0.4, -0.2) is 26.8 Å². The van der Waals surface area contributed by atoms with Gasteiger partial charge in [-0.1, -0.05) is 0 Å². The minimum atomic E-state index is -1.09. The van der Waals surface area contributed by atoms with Crippen molar-refractivity contribution in [2.24, 2.45) is 0 Å². The zero-order chi connectivity index (χ0) is 18.4. The van der Waals surface area contributed by atoms with E-state index in [0.29, 0.717) is 21.5 Å². The molecule has 0 atom stereocenters. The predicted octanol–water partition coefficient (Wildman–Crippen LogP) is 3.38. The summed E-state index contributed by atoms with van der Waals surface area (Å²) in [7, 11) is 0. The van der Waals surface area contributed by atoms with Crippen LogP contribution in [0.15, 0.2) is 28.5 Å². The molecule has 5 nitrogen and oxygen atoms in total. The summed E-state index contributed by atoms with van der Waals surface area (Å²) in [4.78, 5) is 33.6. The fourth-order valence-electron chi connectivity index (χ4n) is 3.04. The molecule has 1 amide bonds. The van der Waals surface area contributed by atoms with Crippen LogP contribution in [0.5, 0.6) is 0 Å². The molecule has 2 aromatic heterocycles. The number of aromatic amines is 1. The number of halogens is 2. The van der Waals surface area contributed by atoms with Crippen molar-refractivity contribution in [2.75, 3.05) is 0 Å². The van der Waals surface area contributed by atoms with Crippen LogP contribution in [0.1, 0.15) is 33.8 Å². The number of fused-ring (bicyclic) bond motifs is 1. The van der Waals surface area contributed by atoms with E-state index in [1.165, 1.54) is 23.5 Å². The van der Waals surface area contributed by atoms with Crippen LogP contribution in [0, 0.1) is 18.6 Å². The number of H-pyrrole nitrogens is 1. The van der Waals surface area contributed by atoms with E-state index in [0.717, 1.165) is 18.9 Å². The maximum atomic E-state index is 14.1. The number of amides is 1. The molecule has 1 aliphatic carbocycles. The fourth-order valence-corrected chi connectivity index (χ4v) is 3.80. The van der Waals surface area contributed by atoms with E-state index in [1.807, 2.05) is 0 Å². The van der Waals surface area contributed by atoms with Crippen molar-refractivity contribution >= 4 is 28.1 Å². The van der Waals surface area contributed by atoms with Crippen molar-refractivity contribution in [1.82, 2.24) is 14.9 Å². The van der Waals surface area contributed by atoms with Crippen molar-refractivity contribution in [3.63, 3.8) is 0 Å². The first-order valence-electron chi connectivity index (χ1n) is 8.16. The molecule has 3 aromatic rings. The van der Waals surface area contributed by atoms with Gasteiger partial charge in [0.2, 0.25) is 5.56 Å². The number of aromatic nitrogens is 2. The SMILES string of the molecule is Cc1ncsc1C(=O)N(Cc1cc(=O)[nH]c2c(F)c(F)ccc12)C1CC1. The molecule has 8 heteroatoms. The van der Waals surface area contributed by atoms with Gasteiger partial charge in [0.15, 0.2) is 11.6 Å². The second kappa shape index (κ2) is 6.28. The number of rotatable bonds is 4. The molecule has 1 aromatic carbocycles. The lowest BCUT2D eigenvalue weighted by molar-refractivity contribution is 0.0734. The monoisotopic (exact) mass is 375 g/mol. The summed E-state index contributed by atoms with van der Waals surface area (Å²) in [6.45, 7) is 1.93. The summed E-state index contributed by atoms with van der Waals surface area (Å²) in [5.41, 5.74) is 2.06. The van der Waals surface area contributed by atoms with Crippen molar-refractivity contribution < 1.29 is 13.6 Å². The first kappa shape index (κ1) is 16.8. The van der Waals surface area contributed by atoms with E-state index in [2.05, 4.69) is 9.97 Å². The number of benzene rings is 1. The molecule has 26 heavy (non-hydrogen) atoms. The Morgan fingerprint density at radius 3 is 2.81 bits per heavy atom. The number of carbonyl (C=O) groups is 1. The van der Waals surface area contributed by atoms with Crippen molar-refractivity contribution in [2.45, 2.75) is 32.4 Å². The Labute approximate surface area is 151 Å². The topological polar surface area (TPSA) is 66.1 Å². The van der Waals surface area contributed by atoms with E-state index >= 15 is 0 Å². The highest BCUT2D eigenvalue weighted by molar-refractivity contribution is 7.11. The molecule has 0 bridgehead atoms. The summed E-state index contributed by atoms with van der Waals surface area (Å²) < 4.78 is 27.6. The highest BCUT2D eigenvalue weighted by Crippen LogP contribution is 2.32. The molecule has 0 aliphatic heterocycles. The van der Waals surface area contributed by atoms with E-state index in [9.17, 15) is 18.4 Å². The van der Waals surface area contributed by atoms with Crippen LogP contribution < -0.4 is 5.56 Å². The maximum absolute atomic E-state index is 14.1. The molecule has 1 aliphatic rings. The molecule has 134 valence electrons. The van der Waals surface area contributed by atoms with Gasteiger partial charge in [0, 0.05) is 24.0 Å². The van der Waals surface area contributed by atoms with E-state index < -0.39 is 17.2 Å². The normalized spacial score (nSPS) is 14.0. The van der Waals surface area contributed by atoms with Gasteiger partial charge in [0.25, 0.3) is 5.91 Å². The lowest BCUT2D eigenvalue weighted by Crippen LogP contribution is -2.33. The molecule has 0 spiro atoms. The molecule has 4 rings (SSSR count). The number of hydrogen-bond acceptors (Lipinski definition) is 4. The summed E-state index contributed by atoms with van der Waals surface area (Å²) in [5.74, 6) is -2.27. The summed E-state index contributed by atoms with van der Waals surface area (Å²) >= 11 is 1.27. The van der Waals surface area contributed by atoms with Gasteiger partial charge < -0.3 is 9.88 Å². The third kappa shape index (κ3) is 2.90. The molecule has 2 heterocycles. The first-order valence-corrected chi connectivity index (χ1v) is 9.04. The smallest absolute Gasteiger partial charge is 0.266 e. The standard InChI is InChI=1S/C18H15F2N3O2S/c1-9-17(26-8-21-9)18(25)23(11-2-3-11)7-10-6-14(24)22-16-12(10)4-5-13(19)15(16)20/h4-6,8,11H,2-3,7H2,1H3,(H,22,24). The van der Waals surface area contributed by atoms with Gasteiger partial charge in [-0.25, -0.2) is 13.8 Å². The molecule has 0 saturated heterocycles. The Morgan fingerprint density at radius 2 is 2.15 bits per heavy atom. The molecule has 1 N–H and O–H groups in total. The van der Waals surface area contributed by atoms with Gasteiger partial charge in [-0.3, -0.25) is 9.59 Å². The minimum Gasteiger partial charge on any atom is -0.331 e. The molecular formula is C18H15F2N3O2S. The zero-order valence-electron chi connectivity index (χ0n) is 13.9. The molecule has 0 radical (unpaired) electrons. The predicted molar refractivity (Wildman–Crippen MR) is 94.2 cm³/mol. The van der Waals surface area contributed by atoms with Crippen molar-refractivity contribution in [1.29, 1.82) is 0 Å². The van der Waals surface area contributed by atoms with E-state index in [4.69, 9.17) is 0 Å². The molecule has 1 fully saturated rings. The number of carbonyl (C=O) groups excluding carboxylic acids is 1. The number of nitrogens with zero attached hydrogens (tertiary/aromatic N) is 2. The second-order valence-electron chi connectivity index (χ2n) is 6.37. The largest absolute Gasteiger partial charge is 0.331 e. The number of thiazole rings is 1. The lowest BCUT2D eigenvalue weighted by Gasteiger charge is -2.23. The van der Waals surface area contributed by atoms with Crippen LogP contribution in [0.3, 0.4) is 0 Å². The summed E-state index contributed by atoms with van der Waals surface area (Å²) in [6.07, 6.45) is 1.77. The summed E-state index contributed by atoms with van der Waals surface area (Å²) in [5, 5.41) is 0.392. The van der Waals surface area contributed by atoms with Gasteiger partial charge in [-0.05, 0) is 37.5 Å². The number of aryl methyl sites for hydroxylation is 1. The Kier molecular flexibility index (Phi) is 4.07.